The van der Waals surface area contributed by atoms with Crippen LogP contribution < -0.4 is 5.32 Å². The predicted octanol–water partition coefficient (Wildman–Crippen LogP) is 5.59. The normalized spacial score (nSPS) is 12.1. The molecule has 4 nitrogen and oxygen atoms in total. The number of fused-ring (bicyclic) bond motifs is 1. The summed E-state index contributed by atoms with van der Waals surface area (Å²) in [5, 5.41) is 4.92. The van der Waals surface area contributed by atoms with Crippen LogP contribution in [0.1, 0.15) is 36.1 Å². The van der Waals surface area contributed by atoms with Gasteiger partial charge >= 0.3 is 0 Å². The molecule has 0 saturated heterocycles. The Labute approximate surface area is 187 Å². The van der Waals surface area contributed by atoms with Crippen LogP contribution in [-0.4, -0.2) is 22.0 Å². The summed E-state index contributed by atoms with van der Waals surface area (Å²) in [7, 11) is 0. The second-order valence-corrected chi connectivity index (χ2v) is 8.06. The smallest absolute Gasteiger partial charge is 0.220 e. The molecule has 0 radical (unpaired) electrons. The molecule has 2 heterocycles. The van der Waals surface area contributed by atoms with Gasteiger partial charge in [0.15, 0.2) is 0 Å². The standard InChI is InChI=1S/C26H26ClN3O/c1-2-30-18-24(22-11-3-4-12-25(22)30)23(19-8-7-9-20(27)16-19)17-26(31)29-15-13-21-10-5-6-14-28-21/h3-12,14,16,18,23H,2,13,15,17H2,1H3,(H,29,31). The highest BCUT2D eigenvalue weighted by molar-refractivity contribution is 6.30. The van der Waals surface area contributed by atoms with Crippen LogP contribution in [0, 0.1) is 0 Å². The van der Waals surface area contributed by atoms with E-state index in [9.17, 15) is 4.79 Å². The number of nitrogens with one attached hydrogen (secondary N) is 1. The molecule has 4 rings (SSSR count). The van der Waals surface area contributed by atoms with Crippen molar-refractivity contribution in [1.29, 1.82) is 0 Å². The lowest BCUT2D eigenvalue weighted by Crippen LogP contribution is -2.27. The van der Waals surface area contributed by atoms with Crippen LogP contribution in [0.3, 0.4) is 0 Å². The highest BCUT2D eigenvalue weighted by Gasteiger charge is 2.22. The second-order valence-electron chi connectivity index (χ2n) is 7.62. The molecule has 31 heavy (non-hydrogen) atoms. The molecule has 2 aromatic carbocycles. The van der Waals surface area contributed by atoms with Crippen LogP contribution in [0.4, 0.5) is 0 Å². The fourth-order valence-electron chi connectivity index (χ4n) is 4.08. The Balaban J connectivity index is 1.59. The Hall–Kier alpha value is -3.11. The van der Waals surface area contributed by atoms with Crippen LogP contribution in [0.25, 0.3) is 10.9 Å². The number of aromatic nitrogens is 2. The van der Waals surface area contributed by atoms with Crippen LogP contribution in [0.15, 0.2) is 79.1 Å². The Morgan fingerprint density at radius 2 is 1.94 bits per heavy atom. The van der Waals surface area contributed by atoms with E-state index in [0.29, 0.717) is 24.4 Å². The van der Waals surface area contributed by atoms with Crippen molar-refractivity contribution in [1.82, 2.24) is 14.9 Å². The van der Waals surface area contributed by atoms with Gasteiger partial charge in [0.05, 0.1) is 0 Å². The minimum atomic E-state index is -0.0775. The van der Waals surface area contributed by atoms with E-state index < -0.39 is 0 Å². The third kappa shape index (κ3) is 4.97. The van der Waals surface area contributed by atoms with Gasteiger partial charge in [-0.15, -0.1) is 0 Å². The van der Waals surface area contributed by atoms with E-state index in [1.54, 1.807) is 6.20 Å². The number of hydrogen-bond donors (Lipinski definition) is 1. The molecular formula is C26H26ClN3O. The molecule has 158 valence electrons. The number of benzene rings is 2. The van der Waals surface area contributed by atoms with Gasteiger partial charge in [-0.25, -0.2) is 0 Å². The highest BCUT2D eigenvalue weighted by atomic mass is 35.5. The van der Waals surface area contributed by atoms with Gasteiger partial charge in [-0.05, 0) is 48.4 Å². The number of amides is 1. The molecule has 0 aliphatic rings. The maximum absolute atomic E-state index is 12.9. The molecule has 0 bridgehead atoms. The van der Waals surface area contributed by atoms with E-state index in [0.717, 1.165) is 23.4 Å². The van der Waals surface area contributed by atoms with E-state index in [2.05, 4.69) is 52.3 Å². The van der Waals surface area contributed by atoms with Crippen molar-refractivity contribution in [3.63, 3.8) is 0 Å². The molecular weight excluding hydrogens is 406 g/mol. The maximum Gasteiger partial charge on any atom is 0.220 e. The molecule has 0 spiro atoms. The zero-order valence-corrected chi connectivity index (χ0v) is 18.3. The molecule has 1 N–H and O–H groups in total. The van der Waals surface area contributed by atoms with Gasteiger partial charge in [0.1, 0.15) is 0 Å². The third-order valence-electron chi connectivity index (χ3n) is 5.61. The summed E-state index contributed by atoms with van der Waals surface area (Å²) in [4.78, 5) is 17.2. The molecule has 1 amide bonds. The molecule has 0 aliphatic heterocycles. The number of para-hydroxylation sites is 1. The number of carbonyl (C=O) groups is 1. The topological polar surface area (TPSA) is 46.9 Å². The number of pyridine rings is 1. The Bertz CT molecular complexity index is 1170. The van der Waals surface area contributed by atoms with Gasteiger partial charge in [-0.2, -0.15) is 0 Å². The highest BCUT2D eigenvalue weighted by Crippen LogP contribution is 2.35. The molecule has 1 atom stereocenters. The molecule has 2 aromatic heterocycles. The van der Waals surface area contributed by atoms with Gasteiger partial charge in [0, 0.05) is 65.9 Å². The first-order chi connectivity index (χ1) is 15.2. The van der Waals surface area contributed by atoms with Crippen molar-refractivity contribution in [2.24, 2.45) is 0 Å². The lowest BCUT2D eigenvalue weighted by molar-refractivity contribution is -0.121. The Morgan fingerprint density at radius 1 is 1.10 bits per heavy atom. The largest absolute Gasteiger partial charge is 0.356 e. The first kappa shape index (κ1) is 21.1. The predicted molar refractivity (Wildman–Crippen MR) is 126 cm³/mol. The summed E-state index contributed by atoms with van der Waals surface area (Å²) in [6.07, 6.45) is 5.02. The van der Waals surface area contributed by atoms with E-state index in [-0.39, 0.29) is 11.8 Å². The lowest BCUT2D eigenvalue weighted by Gasteiger charge is -2.18. The monoisotopic (exact) mass is 431 g/mol. The summed E-state index contributed by atoms with van der Waals surface area (Å²) in [5.74, 6) is -0.0551. The Kier molecular flexibility index (Phi) is 6.68. The zero-order valence-electron chi connectivity index (χ0n) is 17.6. The van der Waals surface area contributed by atoms with Crippen LogP contribution in [0.2, 0.25) is 5.02 Å². The fraction of sp³-hybridized carbons (Fsp3) is 0.231. The van der Waals surface area contributed by atoms with Crippen molar-refractivity contribution in [2.45, 2.75) is 32.2 Å². The quantitative estimate of drug-likeness (QED) is 0.395. The first-order valence-corrected chi connectivity index (χ1v) is 11.0. The van der Waals surface area contributed by atoms with Crippen LogP contribution >= 0.6 is 11.6 Å². The number of hydrogen-bond acceptors (Lipinski definition) is 2. The van der Waals surface area contributed by atoms with Crippen molar-refractivity contribution < 1.29 is 4.79 Å². The van der Waals surface area contributed by atoms with Crippen molar-refractivity contribution in [3.8, 4) is 0 Å². The summed E-state index contributed by atoms with van der Waals surface area (Å²) in [5.41, 5.74) is 4.36. The average molecular weight is 432 g/mol. The first-order valence-electron chi connectivity index (χ1n) is 10.7. The maximum atomic E-state index is 12.9. The SMILES string of the molecule is CCn1cc(C(CC(=O)NCCc2ccccn2)c2cccc(Cl)c2)c2ccccc21. The molecule has 0 saturated carbocycles. The van der Waals surface area contributed by atoms with Crippen molar-refractivity contribution >= 4 is 28.4 Å². The van der Waals surface area contributed by atoms with E-state index >= 15 is 0 Å². The minimum Gasteiger partial charge on any atom is -0.356 e. The van der Waals surface area contributed by atoms with Crippen LogP contribution in [0.5, 0.6) is 0 Å². The molecule has 5 heteroatoms. The number of nitrogens with zero attached hydrogens (tertiary/aromatic N) is 2. The summed E-state index contributed by atoms with van der Waals surface area (Å²) in [6.45, 7) is 3.57. The van der Waals surface area contributed by atoms with Gasteiger partial charge in [0.2, 0.25) is 5.91 Å². The molecule has 4 aromatic rings. The fourth-order valence-corrected chi connectivity index (χ4v) is 4.28. The summed E-state index contributed by atoms with van der Waals surface area (Å²) < 4.78 is 2.24. The van der Waals surface area contributed by atoms with Crippen molar-refractivity contribution in [2.75, 3.05) is 6.54 Å². The third-order valence-corrected chi connectivity index (χ3v) is 5.84. The van der Waals surface area contributed by atoms with E-state index in [1.807, 2.05) is 42.5 Å². The van der Waals surface area contributed by atoms with Gasteiger partial charge in [-0.1, -0.05) is 48.0 Å². The van der Waals surface area contributed by atoms with E-state index in [4.69, 9.17) is 11.6 Å². The zero-order chi connectivity index (χ0) is 21.6. The number of halogens is 1. The summed E-state index contributed by atoms with van der Waals surface area (Å²) in [6, 6.07) is 22.0. The summed E-state index contributed by atoms with van der Waals surface area (Å²) >= 11 is 6.30. The Morgan fingerprint density at radius 3 is 2.71 bits per heavy atom. The van der Waals surface area contributed by atoms with E-state index in [1.165, 1.54) is 10.9 Å². The van der Waals surface area contributed by atoms with Crippen molar-refractivity contribution in [3.05, 3.63) is 101 Å². The molecule has 0 aliphatic carbocycles. The van der Waals surface area contributed by atoms with Gasteiger partial charge in [-0.3, -0.25) is 9.78 Å². The number of carbonyl (C=O) groups excluding carboxylic acids is 1. The van der Waals surface area contributed by atoms with Gasteiger partial charge < -0.3 is 9.88 Å². The lowest BCUT2D eigenvalue weighted by atomic mass is 9.88. The average Bonchev–Trinajstić information content (AvgIpc) is 3.17. The molecule has 0 fully saturated rings. The van der Waals surface area contributed by atoms with Gasteiger partial charge in [0.25, 0.3) is 0 Å². The second kappa shape index (κ2) is 9.80. The number of aryl methyl sites for hydroxylation is 1. The molecule has 1 unspecified atom stereocenters. The van der Waals surface area contributed by atoms with Crippen LogP contribution in [-0.2, 0) is 17.8 Å². The number of rotatable bonds is 8. The minimum absolute atomic E-state index is 0.0224.